The molecule has 4 nitrogen and oxygen atoms in total. The molecule has 3 rings (SSSR count). The smallest absolute Gasteiger partial charge is 0.416 e. The second kappa shape index (κ2) is 5.46. The minimum absolute atomic E-state index is 0.0126. The zero-order valence-corrected chi connectivity index (χ0v) is 12.6. The lowest BCUT2D eigenvalue weighted by atomic mass is 9.92. The zero-order chi connectivity index (χ0) is 17.7. The molecule has 1 heterocycles. The van der Waals surface area contributed by atoms with Gasteiger partial charge in [0, 0.05) is 13.1 Å². The number of carboxylic acid groups (broad SMARTS) is 1. The number of benzene rings is 1. The number of rotatable bonds is 3. The van der Waals surface area contributed by atoms with E-state index in [2.05, 4.69) is 0 Å². The van der Waals surface area contributed by atoms with E-state index in [-0.39, 0.29) is 18.7 Å². The topological polar surface area (TPSA) is 57.6 Å². The third kappa shape index (κ3) is 2.85. The molecule has 1 unspecified atom stereocenters. The predicted molar refractivity (Wildman–Crippen MR) is 74.6 cm³/mol. The van der Waals surface area contributed by atoms with Crippen molar-refractivity contribution >= 4 is 11.9 Å². The van der Waals surface area contributed by atoms with Crippen LogP contribution in [0.5, 0.6) is 0 Å². The van der Waals surface area contributed by atoms with Gasteiger partial charge in [-0.2, -0.15) is 13.2 Å². The minimum atomic E-state index is -4.70. The quantitative estimate of drug-likeness (QED) is 0.857. The van der Waals surface area contributed by atoms with Crippen LogP contribution in [0, 0.1) is 11.7 Å². The number of carbonyl (C=O) groups is 2. The molecule has 1 aromatic rings. The number of nitrogens with zero attached hydrogens (tertiary/aromatic N) is 1. The fourth-order valence-electron chi connectivity index (χ4n) is 3.23. The van der Waals surface area contributed by atoms with Crippen molar-refractivity contribution in [3.8, 4) is 0 Å². The first kappa shape index (κ1) is 16.7. The largest absolute Gasteiger partial charge is 0.481 e. The normalized spacial score (nSPS) is 22.5. The van der Waals surface area contributed by atoms with E-state index in [0.717, 1.165) is 12.1 Å². The Morgan fingerprint density at radius 1 is 1.21 bits per heavy atom. The molecule has 0 radical (unpaired) electrons. The highest BCUT2D eigenvalue weighted by molar-refractivity contribution is 5.92. The highest BCUT2D eigenvalue weighted by atomic mass is 19.4. The van der Waals surface area contributed by atoms with Gasteiger partial charge in [0.2, 0.25) is 5.91 Å². The average molecular weight is 345 g/mol. The summed E-state index contributed by atoms with van der Waals surface area (Å²) in [7, 11) is 0. The molecule has 2 aliphatic rings. The van der Waals surface area contributed by atoms with Gasteiger partial charge in [-0.25, -0.2) is 4.39 Å². The van der Waals surface area contributed by atoms with Crippen LogP contribution >= 0.6 is 0 Å². The molecule has 1 amide bonds. The molecule has 8 heteroatoms. The molecule has 0 aromatic heterocycles. The van der Waals surface area contributed by atoms with E-state index in [1.165, 1.54) is 4.90 Å². The predicted octanol–water partition coefficient (Wildman–Crippen LogP) is 2.81. The van der Waals surface area contributed by atoms with Crippen LogP contribution in [0.15, 0.2) is 18.2 Å². The molecule has 1 N–H and O–H groups in total. The maximum Gasteiger partial charge on any atom is 0.416 e. The fraction of sp³-hybridized carbons (Fsp3) is 0.500. The van der Waals surface area contributed by atoms with Crippen molar-refractivity contribution in [2.45, 2.75) is 30.9 Å². The van der Waals surface area contributed by atoms with Crippen molar-refractivity contribution in [1.29, 1.82) is 0 Å². The molecule has 0 bridgehead atoms. The van der Waals surface area contributed by atoms with Gasteiger partial charge in [0.25, 0.3) is 0 Å². The SMILES string of the molecule is O=C(O)C1CCN(C(=O)C2(c3cc(F)cc(C(F)(F)F)c3)CC2)C1. The van der Waals surface area contributed by atoms with Gasteiger partial charge in [-0.3, -0.25) is 9.59 Å². The highest BCUT2D eigenvalue weighted by Gasteiger charge is 2.54. The van der Waals surface area contributed by atoms with Gasteiger partial charge in [-0.05, 0) is 43.0 Å². The Kier molecular flexibility index (Phi) is 3.80. The van der Waals surface area contributed by atoms with Crippen LogP contribution in [0.25, 0.3) is 0 Å². The van der Waals surface area contributed by atoms with Crippen LogP contribution in [0.2, 0.25) is 0 Å². The summed E-state index contributed by atoms with van der Waals surface area (Å²) in [4.78, 5) is 25.1. The molecule has 1 saturated heterocycles. The number of alkyl halides is 3. The Morgan fingerprint density at radius 3 is 2.38 bits per heavy atom. The van der Waals surface area contributed by atoms with E-state index in [0.29, 0.717) is 25.3 Å². The van der Waals surface area contributed by atoms with Gasteiger partial charge in [0.15, 0.2) is 0 Å². The Labute approximate surface area is 135 Å². The summed E-state index contributed by atoms with van der Waals surface area (Å²) >= 11 is 0. The standard InChI is InChI=1S/C16H15F4NO3/c17-12-6-10(5-11(7-12)16(18,19)20)15(2-3-15)14(24)21-4-1-9(8-21)13(22)23/h5-7,9H,1-4,8H2,(H,22,23). The maximum atomic E-state index is 13.6. The third-order valence-electron chi connectivity index (χ3n) is 4.76. The van der Waals surface area contributed by atoms with Crippen molar-refractivity contribution in [3.05, 3.63) is 35.1 Å². The summed E-state index contributed by atoms with van der Waals surface area (Å²) in [6.07, 6.45) is -3.71. The summed E-state index contributed by atoms with van der Waals surface area (Å²) < 4.78 is 52.2. The monoisotopic (exact) mass is 345 g/mol. The fourth-order valence-corrected chi connectivity index (χ4v) is 3.23. The number of carbonyl (C=O) groups excluding carboxylic acids is 1. The molecule has 1 atom stereocenters. The van der Waals surface area contributed by atoms with E-state index < -0.39 is 40.8 Å². The van der Waals surface area contributed by atoms with Gasteiger partial charge >= 0.3 is 12.1 Å². The molecular formula is C16H15F4NO3. The molecule has 24 heavy (non-hydrogen) atoms. The molecular weight excluding hydrogens is 330 g/mol. The van der Waals surface area contributed by atoms with Crippen molar-refractivity contribution in [1.82, 2.24) is 4.90 Å². The molecule has 1 aliphatic heterocycles. The first-order valence-corrected chi connectivity index (χ1v) is 7.54. The zero-order valence-electron chi connectivity index (χ0n) is 12.6. The number of halogens is 4. The Bertz CT molecular complexity index is 697. The molecule has 1 aliphatic carbocycles. The lowest BCUT2D eigenvalue weighted by Crippen LogP contribution is -2.38. The Balaban J connectivity index is 1.88. The Morgan fingerprint density at radius 2 is 1.88 bits per heavy atom. The number of likely N-dealkylation sites (tertiary alicyclic amines) is 1. The van der Waals surface area contributed by atoms with Gasteiger partial charge in [-0.1, -0.05) is 0 Å². The van der Waals surface area contributed by atoms with Crippen LogP contribution in [0.1, 0.15) is 30.4 Å². The van der Waals surface area contributed by atoms with E-state index in [1.807, 2.05) is 0 Å². The first-order valence-electron chi connectivity index (χ1n) is 7.54. The lowest BCUT2D eigenvalue weighted by molar-refractivity contribution is -0.142. The number of carboxylic acids is 1. The van der Waals surface area contributed by atoms with E-state index in [9.17, 15) is 27.2 Å². The highest BCUT2D eigenvalue weighted by Crippen LogP contribution is 2.51. The van der Waals surface area contributed by atoms with Crippen LogP contribution in [-0.4, -0.2) is 35.0 Å². The van der Waals surface area contributed by atoms with Crippen LogP contribution < -0.4 is 0 Å². The van der Waals surface area contributed by atoms with Crippen LogP contribution in [-0.2, 0) is 21.2 Å². The summed E-state index contributed by atoms with van der Waals surface area (Å²) in [5, 5.41) is 9.00. The van der Waals surface area contributed by atoms with Gasteiger partial charge in [0.05, 0.1) is 16.9 Å². The summed E-state index contributed by atoms with van der Waals surface area (Å²) in [6.45, 7) is 0.288. The summed E-state index contributed by atoms with van der Waals surface area (Å²) in [5.74, 6) is -3.11. The molecule has 1 aromatic carbocycles. The summed E-state index contributed by atoms with van der Waals surface area (Å²) in [6, 6.07) is 2.18. The van der Waals surface area contributed by atoms with E-state index >= 15 is 0 Å². The second-order valence-corrected chi connectivity index (χ2v) is 6.38. The molecule has 130 valence electrons. The molecule has 1 saturated carbocycles. The minimum Gasteiger partial charge on any atom is -0.481 e. The van der Waals surface area contributed by atoms with Crippen molar-refractivity contribution in [3.63, 3.8) is 0 Å². The second-order valence-electron chi connectivity index (χ2n) is 6.38. The maximum absolute atomic E-state index is 13.6. The number of aliphatic carboxylic acids is 1. The van der Waals surface area contributed by atoms with Crippen LogP contribution in [0.3, 0.4) is 0 Å². The number of hydrogen-bond donors (Lipinski definition) is 1. The molecule has 2 fully saturated rings. The first-order chi connectivity index (χ1) is 11.1. The third-order valence-corrected chi connectivity index (χ3v) is 4.76. The van der Waals surface area contributed by atoms with Gasteiger partial charge in [-0.15, -0.1) is 0 Å². The number of amides is 1. The van der Waals surface area contributed by atoms with Crippen molar-refractivity contribution in [2.24, 2.45) is 5.92 Å². The van der Waals surface area contributed by atoms with E-state index in [1.54, 1.807) is 0 Å². The average Bonchev–Trinajstić information content (AvgIpc) is 3.14. The number of hydrogen-bond acceptors (Lipinski definition) is 2. The Hall–Kier alpha value is -2.12. The lowest BCUT2D eigenvalue weighted by Gasteiger charge is -2.24. The van der Waals surface area contributed by atoms with E-state index in [4.69, 9.17) is 5.11 Å². The van der Waals surface area contributed by atoms with Crippen LogP contribution in [0.4, 0.5) is 17.6 Å². The van der Waals surface area contributed by atoms with Crippen molar-refractivity contribution in [2.75, 3.05) is 13.1 Å². The van der Waals surface area contributed by atoms with Gasteiger partial charge < -0.3 is 10.0 Å². The molecule has 0 spiro atoms. The van der Waals surface area contributed by atoms with Gasteiger partial charge in [0.1, 0.15) is 5.82 Å². The van der Waals surface area contributed by atoms with Crippen molar-refractivity contribution < 1.29 is 32.3 Å². The summed E-state index contributed by atoms with van der Waals surface area (Å²) in [5.41, 5.74) is -2.27.